The van der Waals surface area contributed by atoms with Crippen molar-refractivity contribution in [2.75, 3.05) is 18.2 Å². The largest absolute Gasteiger partial charge is 0.497 e. The van der Waals surface area contributed by atoms with Gasteiger partial charge in [-0.3, -0.25) is 4.79 Å². The summed E-state index contributed by atoms with van der Waals surface area (Å²) < 4.78 is 7.44. The van der Waals surface area contributed by atoms with Crippen LogP contribution in [0.4, 0.5) is 5.69 Å². The molecule has 0 unspecified atom stereocenters. The number of para-hydroxylation sites is 1. The Balaban J connectivity index is 1.68. The third kappa shape index (κ3) is 4.17. The van der Waals surface area contributed by atoms with Gasteiger partial charge in [-0.05, 0) is 24.6 Å². The average Bonchev–Trinajstić information content (AvgIpc) is 2.98. The molecule has 0 saturated heterocycles. The first-order chi connectivity index (χ1) is 12.2. The van der Waals surface area contributed by atoms with Crippen molar-refractivity contribution in [3.8, 4) is 5.75 Å². The van der Waals surface area contributed by atoms with Crippen LogP contribution in [0.3, 0.4) is 0 Å². The first-order valence-corrected chi connectivity index (χ1v) is 9.34. The molecule has 5 heteroatoms. The highest BCUT2D eigenvalue weighted by atomic mass is 32.2. The van der Waals surface area contributed by atoms with Crippen LogP contribution in [0.5, 0.6) is 5.75 Å². The van der Waals surface area contributed by atoms with Crippen molar-refractivity contribution in [3.63, 3.8) is 0 Å². The maximum Gasteiger partial charge on any atom is 0.234 e. The van der Waals surface area contributed by atoms with Crippen molar-refractivity contribution < 1.29 is 9.53 Å². The van der Waals surface area contributed by atoms with Crippen LogP contribution >= 0.6 is 11.8 Å². The first kappa shape index (κ1) is 17.4. The summed E-state index contributed by atoms with van der Waals surface area (Å²) in [6.45, 7) is 3.15. The lowest BCUT2D eigenvalue weighted by Crippen LogP contribution is -2.13. The molecule has 1 N–H and O–H groups in total. The Labute approximate surface area is 152 Å². The van der Waals surface area contributed by atoms with Crippen molar-refractivity contribution in [1.29, 1.82) is 0 Å². The highest BCUT2D eigenvalue weighted by Crippen LogP contribution is 2.30. The number of carbonyl (C=O) groups is 1. The van der Waals surface area contributed by atoms with Crippen molar-refractivity contribution in [2.45, 2.75) is 24.8 Å². The van der Waals surface area contributed by atoms with Gasteiger partial charge >= 0.3 is 0 Å². The summed E-state index contributed by atoms with van der Waals surface area (Å²) in [5.41, 5.74) is 1.97. The molecule has 1 heterocycles. The second kappa shape index (κ2) is 8.12. The van der Waals surface area contributed by atoms with Gasteiger partial charge in [0.2, 0.25) is 5.91 Å². The number of methoxy groups -OCH3 is 1. The molecule has 0 radical (unpaired) electrons. The number of aryl methyl sites for hydroxylation is 1. The van der Waals surface area contributed by atoms with Gasteiger partial charge in [-0.15, -0.1) is 11.8 Å². The third-order valence-electron chi connectivity index (χ3n) is 3.93. The molecule has 0 aliphatic heterocycles. The smallest absolute Gasteiger partial charge is 0.234 e. The molecular weight excluding hydrogens is 332 g/mol. The summed E-state index contributed by atoms with van der Waals surface area (Å²) in [6.07, 6.45) is 3.23. The van der Waals surface area contributed by atoms with Gasteiger partial charge in [0.1, 0.15) is 5.75 Å². The molecular formula is C20H22N2O2S. The fourth-order valence-electron chi connectivity index (χ4n) is 2.80. The van der Waals surface area contributed by atoms with Crippen LogP contribution in [0.2, 0.25) is 0 Å². The molecule has 0 fully saturated rings. The number of aromatic nitrogens is 1. The van der Waals surface area contributed by atoms with E-state index in [1.54, 1.807) is 18.9 Å². The molecule has 130 valence electrons. The highest BCUT2D eigenvalue weighted by Gasteiger charge is 2.10. The van der Waals surface area contributed by atoms with Gasteiger partial charge in [-0.25, -0.2) is 0 Å². The van der Waals surface area contributed by atoms with E-state index in [-0.39, 0.29) is 5.91 Å². The Morgan fingerprint density at radius 1 is 1.20 bits per heavy atom. The Hall–Kier alpha value is -2.40. The maximum atomic E-state index is 12.3. The molecule has 0 aliphatic carbocycles. The number of hydrogen-bond acceptors (Lipinski definition) is 3. The van der Waals surface area contributed by atoms with E-state index >= 15 is 0 Å². The van der Waals surface area contributed by atoms with Gasteiger partial charge in [0.15, 0.2) is 0 Å². The molecule has 3 rings (SSSR count). The van der Waals surface area contributed by atoms with Crippen LogP contribution < -0.4 is 10.1 Å². The molecule has 1 aromatic heterocycles. The van der Waals surface area contributed by atoms with E-state index in [4.69, 9.17) is 4.74 Å². The molecule has 25 heavy (non-hydrogen) atoms. The number of rotatable bonds is 7. The molecule has 1 amide bonds. The predicted molar refractivity (Wildman–Crippen MR) is 105 cm³/mol. The number of amides is 1. The van der Waals surface area contributed by atoms with Gasteiger partial charge in [0.25, 0.3) is 0 Å². The minimum Gasteiger partial charge on any atom is -0.497 e. The zero-order valence-corrected chi connectivity index (χ0v) is 15.3. The van der Waals surface area contributed by atoms with Crippen molar-refractivity contribution in [1.82, 2.24) is 4.57 Å². The molecule has 0 aliphatic rings. The Bertz CT molecular complexity index is 873. The molecule has 4 nitrogen and oxygen atoms in total. The summed E-state index contributed by atoms with van der Waals surface area (Å²) in [6, 6.07) is 15.7. The minimum atomic E-state index is -0.0226. The van der Waals surface area contributed by atoms with E-state index < -0.39 is 0 Å². The molecule has 0 saturated carbocycles. The second-order valence-corrected chi connectivity index (χ2v) is 6.79. The van der Waals surface area contributed by atoms with Crippen LogP contribution in [-0.4, -0.2) is 23.3 Å². The standard InChI is InChI=1S/C20H22N2O2S/c1-3-11-22-13-19(17-9-4-5-10-18(17)22)25-14-20(23)21-15-7-6-8-16(12-15)24-2/h4-10,12-13H,3,11,14H2,1-2H3,(H,21,23). The van der Waals surface area contributed by atoms with Crippen LogP contribution in [0.15, 0.2) is 59.6 Å². The zero-order chi connectivity index (χ0) is 17.6. The van der Waals surface area contributed by atoms with Crippen molar-refractivity contribution in [2.24, 2.45) is 0 Å². The quantitative estimate of drug-likeness (QED) is 0.620. The van der Waals surface area contributed by atoms with Crippen LogP contribution in [-0.2, 0) is 11.3 Å². The Morgan fingerprint density at radius 2 is 2.04 bits per heavy atom. The lowest BCUT2D eigenvalue weighted by molar-refractivity contribution is -0.113. The number of carbonyl (C=O) groups excluding carboxylic acids is 1. The lowest BCUT2D eigenvalue weighted by atomic mass is 10.2. The Kier molecular flexibility index (Phi) is 5.66. The molecule has 0 bridgehead atoms. The van der Waals surface area contributed by atoms with Crippen LogP contribution in [0.25, 0.3) is 10.9 Å². The number of nitrogens with one attached hydrogen (secondary N) is 1. The van der Waals surface area contributed by atoms with E-state index in [2.05, 4.69) is 41.2 Å². The fourth-order valence-corrected chi connectivity index (χ4v) is 3.68. The number of thioether (sulfide) groups is 1. The van der Waals surface area contributed by atoms with E-state index in [9.17, 15) is 4.79 Å². The second-order valence-electron chi connectivity index (χ2n) is 5.77. The topological polar surface area (TPSA) is 43.3 Å². The number of nitrogens with zero attached hydrogens (tertiary/aromatic N) is 1. The minimum absolute atomic E-state index is 0.0226. The van der Waals surface area contributed by atoms with E-state index in [0.29, 0.717) is 5.75 Å². The molecule has 2 aromatic carbocycles. The number of anilines is 1. The maximum absolute atomic E-state index is 12.3. The van der Waals surface area contributed by atoms with Crippen molar-refractivity contribution >= 4 is 34.3 Å². The number of hydrogen-bond donors (Lipinski definition) is 1. The summed E-state index contributed by atoms with van der Waals surface area (Å²) in [4.78, 5) is 13.4. The number of benzene rings is 2. The average molecular weight is 354 g/mol. The first-order valence-electron chi connectivity index (χ1n) is 8.36. The number of fused-ring (bicyclic) bond motifs is 1. The SMILES string of the molecule is CCCn1cc(SCC(=O)Nc2cccc(OC)c2)c2ccccc21. The molecule has 0 spiro atoms. The summed E-state index contributed by atoms with van der Waals surface area (Å²) >= 11 is 1.57. The predicted octanol–water partition coefficient (Wildman–Crippen LogP) is 4.79. The van der Waals surface area contributed by atoms with Gasteiger partial charge in [0.05, 0.1) is 12.9 Å². The summed E-state index contributed by atoms with van der Waals surface area (Å²) in [5, 5.41) is 4.12. The van der Waals surface area contributed by atoms with Gasteiger partial charge in [-0.2, -0.15) is 0 Å². The summed E-state index contributed by atoms with van der Waals surface area (Å²) in [5.74, 6) is 1.08. The zero-order valence-electron chi connectivity index (χ0n) is 14.5. The normalized spacial score (nSPS) is 10.8. The van der Waals surface area contributed by atoms with Gasteiger partial charge in [0, 0.05) is 40.3 Å². The van der Waals surface area contributed by atoms with E-state index in [0.717, 1.165) is 29.3 Å². The third-order valence-corrected chi connectivity index (χ3v) is 4.97. The van der Waals surface area contributed by atoms with E-state index in [1.807, 2.05) is 30.3 Å². The van der Waals surface area contributed by atoms with Crippen molar-refractivity contribution in [3.05, 3.63) is 54.7 Å². The highest BCUT2D eigenvalue weighted by molar-refractivity contribution is 8.00. The van der Waals surface area contributed by atoms with Crippen LogP contribution in [0, 0.1) is 0 Å². The lowest BCUT2D eigenvalue weighted by Gasteiger charge is -2.06. The Morgan fingerprint density at radius 3 is 2.84 bits per heavy atom. The summed E-state index contributed by atoms with van der Waals surface area (Å²) in [7, 11) is 1.61. The van der Waals surface area contributed by atoms with E-state index in [1.165, 1.54) is 10.9 Å². The van der Waals surface area contributed by atoms with Gasteiger partial charge in [-0.1, -0.05) is 31.2 Å². The fraction of sp³-hybridized carbons (Fsp3) is 0.250. The monoisotopic (exact) mass is 354 g/mol. The molecule has 3 aromatic rings. The molecule has 0 atom stereocenters. The number of ether oxygens (including phenoxy) is 1. The van der Waals surface area contributed by atoms with Crippen LogP contribution in [0.1, 0.15) is 13.3 Å². The van der Waals surface area contributed by atoms with Gasteiger partial charge < -0.3 is 14.6 Å².